The number of urea groups is 1. The van der Waals surface area contributed by atoms with Crippen molar-refractivity contribution in [1.82, 2.24) is 14.9 Å². The highest BCUT2D eigenvalue weighted by Gasteiger charge is 2.23. The van der Waals surface area contributed by atoms with E-state index in [1.54, 1.807) is 25.1 Å². The van der Waals surface area contributed by atoms with Gasteiger partial charge in [-0.1, -0.05) is 23.4 Å². The second-order valence-electron chi connectivity index (χ2n) is 6.22. The van der Waals surface area contributed by atoms with Gasteiger partial charge in [-0.15, -0.1) is 0 Å². The predicted molar refractivity (Wildman–Crippen MR) is 103 cm³/mol. The van der Waals surface area contributed by atoms with Gasteiger partial charge < -0.3 is 10.5 Å². The summed E-state index contributed by atoms with van der Waals surface area (Å²) in [5.41, 5.74) is 5.22. The summed E-state index contributed by atoms with van der Waals surface area (Å²) >= 11 is 7.09. The number of amides is 3. The summed E-state index contributed by atoms with van der Waals surface area (Å²) in [4.78, 5) is 40.5. The van der Waals surface area contributed by atoms with Gasteiger partial charge in [-0.25, -0.2) is 9.78 Å². The molecule has 0 bridgehead atoms. The Morgan fingerprint density at radius 3 is 2.96 bits per heavy atom. The second kappa shape index (κ2) is 8.28. The first-order valence-electron chi connectivity index (χ1n) is 8.44. The van der Waals surface area contributed by atoms with E-state index in [-0.39, 0.29) is 11.7 Å². The summed E-state index contributed by atoms with van der Waals surface area (Å²) in [6.07, 6.45) is 1.71. The Bertz CT molecular complexity index is 942. The summed E-state index contributed by atoms with van der Waals surface area (Å²) in [5, 5.41) is 2.61. The second-order valence-corrected chi connectivity index (χ2v) is 7.96. The Hall–Kier alpha value is -2.10. The van der Waals surface area contributed by atoms with Crippen LogP contribution in [0.2, 0.25) is 5.02 Å². The van der Waals surface area contributed by atoms with Gasteiger partial charge in [0.2, 0.25) is 5.91 Å². The molecular formula is C17H19ClN4O4S. The number of carbonyl (C=O) groups is 2. The van der Waals surface area contributed by atoms with Crippen LogP contribution in [0.1, 0.15) is 19.8 Å². The van der Waals surface area contributed by atoms with Crippen molar-refractivity contribution in [2.75, 3.05) is 6.61 Å². The van der Waals surface area contributed by atoms with Crippen LogP contribution < -0.4 is 16.6 Å². The Labute approximate surface area is 164 Å². The minimum atomic E-state index is -0.928. The van der Waals surface area contributed by atoms with Crippen molar-refractivity contribution in [3.05, 3.63) is 33.6 Å². The zero-order chi connectivity index (χ0) is 19.6. The standard InChI is InChI=1S/C17H19ClN4O4S/c1-9(14(23)21-16(19)25)27-17-20-13-7-10(18)4-5-12(13)15(24)22(17)8-11-3-2-6-26-11/h4-5,7,9,11H,2-3,6,8H2,1H3,(H3,19,21,23,25). The minimum absolute atomic E-state index is 0.0802. The van der Waals surface area contributed by atoms with E-state index >= 15 is 0 Å². The van der Waals surface area contributed by atoms with Crippen LogP contribution in [-0.4, -0.2) is 39.5 Å². The SMILES string of the molecule is CC(Sc1nc2cc(Cl)ccc2c(=O)n1CC1CCCO1)C(=O)NC(N)=O. The fourth-order valence-electron chi connectivity index (χ4n) is 2.85. The molecule has 3 amide bonds. The third-order valence-electron chi connectivity index (χ3n) is 4.19. The maximum Gasteiger partial charge on any atom is 0.318 e. The molecule has 3 N–H and O–H groups in total. The van der Waals surface area contributed by atoms with Crippen molar-refractivity contribution in [2.45, 2.75) is 42.8 Å². The normalized spacial score (nSPS) is 17.8. The molecule has 10 heteroatoms. The fourth-order valence-corrected chi connectivity index (χ4v) is 3.94. The number of thioether (sulfide) groups is 1. The van der Waals surface area contributed by atoms with Crippen molar-refractivity contribution >= 4 is 46.2 Å². The summed E-state index contributed by atoms with van der Waals surface area (Å²) in [6.45, 7) is 2.61. The number of ether oxygens (including phenoxy) is 1. The van der Waals surface area contributed by atoms with Crippen LogP contribution in [-0.2, 0) is 16.1 Å². The highest BCUT2D eigenvalue weighted by molar-refractivity contribution is 8.00. The maximum atomic E-state index is 13.0. The third kappa shape index (κ3) is 4.60. The number of hydrogen-bond donors (Lipinski definition) is 2. The quantitative estimate of drug-likeness (QED) is 0.574. The van der Waals surface area contributed by atoms with Crippen LogP contribution in [0, 0.1) is 0 Å². The lowest BCUT2D eigenvalue weighted by Crippen LogP contribution is -2.39. The van der Waals surface area contributed by atoms with Crippen molar-refractivity contribution in [3.8, 4) is 0 Å². The lowest BCUT2D eigenvalue weighted by Gasteiger charge is -2.18. The van der Waals surface area contributed by atoms with Gasteiger partial charge in [0.1, 0.15) is 0 Å². The highest BCUT2D eigenvalue weighted by Crippen LogP contribution is 2.25. The van der Waals surface area contributed by atoms with Gasteiger partial charge in [0.15, 0.2) is 5.16 Å². The van der Waals surface area contributed by atoms with Gasteiger partial charge in [-0.2, -0.15) is 0 Å². The molecule has 0 saturated carbocycles. The smallest absolute Gasteiger partial charge is 0.318 e. The third-order valence-corrected chi connectivity index (χ3v) is 5.52. The molecule has 2 unspecified atom stereocenters. The molecule has 0 radical (unpaired) electrons. The topological polar surface area (TPSA) is 116 Å². The monoisotopic (exact) mass is 410 g/mol. The molecule has 144 valence electrons. The van der Waals surface area contributed by atoms with Gasteiger partial charge in [0.05, 0.1) is 28.8 Å². The molecule has 8 nitrogen and oxygen atoms in total. The molecule has 1 aromatic carbocycles. The molecule has 1 aliphatic rings. The van der Waals surface area contributed by atoms with E-state index in [2.05, 4.69) is 4.98 Å². The van der Waals surface area contributed by atoms with E-state index in [4.69, 9.17) is 22.1 Å². The Morgan fingerprint density at radius 1 is 1.52 bits per heavy atom. The van der Waals surface area contributed by atoms with Gasteiger partial charge in [0.25, 0.3) is 5.56 Å². The Kier molecular flexibility index (Phi) is 6.03. The number of nitrogens with two attached hydrogens (primary N) is 1. The average molecular weight is 411 g/mol. The van der Waals surface area contributed by atoms with Crippen LogP contribution in [0.15, 0.2) is 28.2 Å². The van der Waals surface area contributed by atoms with Gasteiger partial charge in [0, 0.05) is 11.6 Å². The predicted octanol–water partition coefficient (Wildman–Crippen LogP) is 1.90. The molecule has 27 heavy (non-hydrogen) atoms. The molecule has 2 heterocycles. The van der Waals surface area contributed by atoms with Crippen LogP contribution >= 0.6 is 23.4 Å². The Balaban J connectivity index is 2.00. The molecule has 3 rings (SSSR count). The average Bonchev–Trinajstić information content (AvgIpc) is 3.10. The van der Waals surface area contributed by atoms with Crippen molar-refractivity contribution in [1.29, 1.82) is 0 Å². The van der Waals surface area contributed by atoms with Crippen LogP contribution in [0.5, 0.6) is 0 Å². The van der Waals surface area contributed by atoms with E-state index in [1.165, 1.54) is 4.57 Å². The number of aromatic nitrogens is 2. The maximum absolute atomic E-state index is 13.0. The first-order valence-corrected chi connectivity index (χ1v) is 9.69. The van der Waals surface area contributed by atoms with Crippen LogP contribution in [0.25, 0.3) is 10.9 Å². The van der Waals surface area contributed by atoms with E-state index in [0.29, 0.717) is 34.2 Å². The number of rotatable bonds is 5. The van der Waals surface area contributed by atoms with Gasteiger partial charge in [-0.3, -0.25) is 19.5 Å². The number of benzene rings is 1. The number of fused-ring (bicyclic) bond motifs is 1. The molecule has 0 aliphatic carbocycles. The zero-order valence-electron chi connectivity index (χ0n) is 14.6. The molecule has 1 fully saturated rings. The minimum Gasteiger partial charge on any atom is -0.376 e. The Morgan fingerprint density at radius 2 is 2.30 bits per heavy atom. The number of nitrogens with zero attached hydrogens (tertiary/aromatic N) is 2. The van der Waals surface area contributed by atoms with Crippen LogP contribution in [0.4, 0.5) is 4.79 Å². The molecular weight excluding hydrogens is 392 g/mol. The summed E-state index contributed by atoms with van der Waals surface area (Å²) < 4.78 is 7.16. The molecule has 0 spiro atoms. The highest BCUT2D eigenvalue weighted by atomic mass is 35.5. The van der Waals surface area contributed by atoms with Gasteiger partial charge in [-0.05, 0) is 38.0 Å². The number of nitrogens with one attached hydrogen (secondary N) is 1. The number of primary amides is 1. The first kappa shape index (κ1) is 19.7. The number of imide groups is 1. The molecule has 2 atom stereocenters. The summed E-state index contributed by atoms with van der Waals surface area (Å²) in [6, 6.07) is 3.95. The summed E-state index contributed by atoms with van der Waals surface area (Å²) in [5.74, 6) is -0.559. The number of carbonyl (C=O) groups excluding carboxylic acids is 2. The van der Waals surface area contributed by atoms with E-state index in [0.717, 1.165) is 24.6 Å². The molecule has 1 aliphatic heterocycles. The van der Waals surface area contributed by atoms with Crippen molar-refractivity contribution in [3.63, 3.8) is 0 Å². The largest absolute Gasteiger partial charge is 0.376 e. The fraction of sp³-hybridized carbons (Fsp3) is 0.412. The lowest BCUT2D eigenvalue weighted by atomic mass is 10.2. The molecule has 1 saturated heterocycles. The van der Waals surface area contributed by atoms with Gasteiger partial charge >= 0.3 is 6.03 Å². The van der Waals surface area contributed by atoms with E-state index in [9.17, 15) is 14.4 Å². The zero-order valence-corrected chi connectivity index (χ0v) is 16.2. The van der Waals surface area contributed by atoms with Crippen LogP contribution in [0.3, 0.4) is 0 Å². The summed E-state index contributed by atoms with van der Waals surface area (Å²) in [7, 11) is 0. The van der Waals surface area contributed by atoms with Crippen molar-refractivity contribution < 1.29 is 14.3 Å². The van der Waals surface area contributed by atoms with Crippen molar-refractivity contribution in [2.24, 2.45) is 5.73 Å². The lowest BCUT2D eigenvalue weighted by molar-refractivity contribution is -0.119. The van der Waals surface area contributed by atoms with E-state index in [1.807, 2.05) is 5.32 Å². The molecule has 1 aromatic heterocycles. The van der Waals surface area contributed by atoms with E-state index < -0.39 is 17.2 Å². The first-order chi connectivity index (χ1) is 12.8. The number of hydrogen-bond acceptors (Lipinski definition) is 6. The molecule has 2 aromatic rings. The number of halogens is 1.